The van der Waals surface area contributed by atoms with Gasteiger partial charge in [0.15, 0.2) is 0 Å². The molecule has 0 spiro atoms. The molecular formula is C12H22N2O3. The maximum atomic E-state index is 11.8. The summed E-state index contributed by atoms with van der Waals surface area (Å²) in [5.74, 6) is -0.423. The first kappa shape index (κ1) is 13.8. The Balaban J connectivity index is 2.54. The molecule has 1 aliphatic rings. The SMILES string of the molecule is CC(C)CNC(=O)N1CCCC(C)(C(=O)O)C1. The second-order valence-corrected chi connectivity index (χ2v) is 5.47. The largest absolute Gasteiger partial charge is 0.481 e. The normalized spacial score (nSPS) is 24.8. The van der Waals surface area contributed by atoms with E-state index in [0.717, 1.165) is 6.42 Å². The molecule has 1 atom stereocenters. The van der Waals surface area contributed by atoms with Crippen LogP contribution >= 0.6 is 0 Å². The summed E-state index contributed by atoms with van der Waals surface area (Å²) in [7, 11) is 0. The summed E-state index contributed by atoms with van der Waals surface area (Å²) in [6, 6.07) is -0.147. The Hall–Kier alpha value is -1.26. The highest BCUT2D eigenvalue weighted by Crippen LogP contribution is 2.29. The second kappa shape index (κ2) is 5.38. The van der Waals surface area contributed by atoms with Gasteiger partial charge in [-0.15, -0.1) is 0 Å². The van der Waals surface area contributed by atoms with E-state index in [2.05, 4.69) is 5.32 Å². The fraction of sp³-hybridized carbons (Fsp3) is 0.833. The summed E-state index contributed by atoms with van der Waals surface area (Å²) in [4.78, 5) is 24.6. The third-order valence-electron chi connectivity index (χ3n) is 3.16. The van der Waals surface area contributed by atoms with Crippen LogP contribution in [0.4, 0.5) is 4.79 Å². The van der Waals surface area contributed by atoms with E-state index in [1.807, 2.05) is 13.8 Å². The van der Waals surface area contributed by atoms with Gasteiger partial charge in [0.2, 0.25) is 0 Å². The van der Waals surface area contributed by atoms with E-state index < -0.39 is 11.4 Å². The van der Waals surface area contributed by atoms with Gasteiger partial charge >= 0.3 is 12.0 Å². The van der Waals surface area contributed by atoms with Gasteiger partial charge in [-0.3, -0.25) is 4.79 Å². The first-order valence-electron chi connectivity index (χ1n) is 6.11. The smallest absolute Gasteiger partial charge is 0.317 e. The summed E-state index contributed by atoms with van der Waals surface area (Å²) in [5, 5.41) is 12.0. The Labute approximate surface area is 102 Å². The minimum atomic E-state index is -0.821. The van der Waals surface area contributed by atoms with Gasteiger partial charge in [0.25, 0.3) is 0 Å². The predicted molar refractivity (Wildman–Crippen MR) is 64.8 cm³/mol. The van der Waals surface area contributed by atoms with Crippen LogP contribution in [-0.2, 0) is 4.79 Å². The molecule has 5 nitrogen and oxygen atoms in total. The number of nitrogens with one attached hydrogen (secondary N) is 1. The summed E-state index contributed by atoms with van der Waals surface area (Å²) in [6.45, 7) is 7.32. The van der Waals surface area contributed by atoms with Gasteiger partial charge in [0.05, 0.1) is 5.41 Å². The molecule has 0 aromatic rings. The van der Waals surface area contributed by atoms with Crippen LogP contribution in [0.5, 0.6) is 0 Å². The Morgan fingerprint density at radius 2 is 2.12 bits per heavy atom. The van der Waals surface area contributed by atoms with E-state index in [1.165, 1.54) is 0 Å². The topological polar surface area (TPSA) is 69.6 Å². The number of likely N-dealkylation sites (tertiary alicyclic amines) is 1. The monoisotopic (exact) mass is 242 g/mol. The third-order valence-corrected chi connectivity index (χ3v) is 3.16. The minimum absolute atomic E-state index is 0.147. The molecule has 5 heteroatoms. The minimum Gasteiger partial charge on any atom is -0.481 e. The van der Waals surface area contributed by atoms with Crippen LogP contribution in [0.2, 0.25) is 0 Å². The molecule has 17 heavy (non-hydrogen) atoms. The predicted octanol–water partition coefficient (Wildman–Crippen LogP) is 1.54. The number of carbonyl (C=O) groups excluding carboxylic acids is 1. The Morgan fingerprint density at radius 3 is 2.65 bits per heavy atom. The fourth-order valence-corrected chi connectivity index (χ4v) is 1.99. The van der Waals surface area contributed by atoms with Gasteiger partial charge in [0.1, 0.15) is 0 Å². The van der Waals surface area contributed by atoms with Crippen molar-refractivity contribution in [2.24, 2.45) is 11.3 Å². The van der Waals surface area contributed by atoms with Crippen LogP contribution in [0, 0.1) is 11.3 Å². The lowest BCUT2D eigenvalue weighted by Crippen LogP contribution is -2.51. The Kier molecular flexibility index (Phi) is 4.37. The second-order valence-electron chi connectivity index (χ2n) is 5.47. The van der Waals surface area contributed by atoms with Crippen molar-refractivity contribution >= 4 is 12.0 Å². The lowest BCUT2D eigenvalue weighted by Gasteiger charge is -2.37. The number of amides is 2. The number of nitrogens with zero attached hydrogens (tertiary/aromatic N) is 1. The van der Waals surface area contributed by atoms with Crippen LogP contribution < -0.4 is 5.32 Å². The molecule has 1 unspecified atom stereocenters. The number of carboxylic acid groups (broad SMARTS) is 1. The first-order valence-corrected chi connectivity index (χ1v) is 6.11. The number of hydrogen-bond donors (Lipinski definition) is 2. The maximum absolute atomic E-state index is 11.8. The van der Waals surface area contributed by atoms with Crippen molar-refractivity contribution in [3.63, 3.8) is 0 Å². The quantitative estimate of drug-likeness (QED) is 0.788. The lowest BCUT2D eigenvalue weighted by atomic mass is 9.82. The van der Waals surface area contributed by atoms with Crippen LogP contribution in [0.1, 0.15) is 33.6 Å². The van der Waals surface area contributed by atoms with E-state index in [9.17, 15) is 9.59 Å². The number of carboxylic acids is 1. The van der Waals surface area contributed by atoms with E-state index in [1.54, 1.807) is 11.8 Å². The fourth-order valence-electron chi connectivity index (χ4n) is 1.99. The molecule has 98 valence electrons. The Bertz CT molecular complexity index is 304. The lowest BCUT2D eigenvalue weighted by molar-refractivity contribution is -0.150. The van der Waals surface area contributed by atoms with Gasteiger partial charge in [-0.05, 0) is 25.7 Å². The van der Waals surface area contributed by atoms with Crippen LogP contribution in [0.3, 0.4) is 0 Å². The molecule has 1 aliphatic heterocycles. The zero-order chi connectivity index (χ0) is 13.1. The Morgan fingerprint density at radius 1 is 1.47 bits per heavy atom. The molecule has 1 fully saturated rings. The highest BCUT2D eigenvalue weighted by atomic mass is 16.4. The zero-order valence-electron chi connectivity index (χ0n) is 10.8. The average molecular weight is 242 g/mol. The maximum Gasteiger partial charge on any atom is 0.317 e. The highest BCUT2D eigenvalue weighted by Gasteiger charge is 2.39. The van der Waals surface area contributed by atoms with Gasteiger partial charge in [0, 0.05) is 19.6 Å². The standard InChI is InChI=1S/C12H22N2O3/c1-9(2)7-13-11(17)14-6-4-5-12(3,8-14)10(15)16/h9H,4-8H2,1-3H3,(H,13,17)(H,15,16). The molecule has 2 N–H and O–H groups in total. The molecule has 0 bridgehead atoms. The van der Waals surface area contributed by atoms with Crippen molar-refractivity contribution in [1.82, 2.24) is 10.2 Å². The molecule has 0 saturated carbocycles. The molecular weight excluding hydrogens is 220 g/mol. The molecule has 0 aliphatic carbocycles. The molecule has 0 aromatic carbocycles. The van der Waals surface area contributed by atoms with Gasteiger partial charge in [-0.2, -0.15) is 0 Å². The molecule has 0 radical (unpaired) electrons. The highest BCUT2D eigenvalue weighted by molar-refractivity contribution is 5.78. The summed E-state index contributed by atoms with van der Waals surface area (Å²) >= 11 is 0. The van der Waals surface area contributed by atoms with Gasteiger partial charge in [-0.1, -0.05) is 13.8 Å². The van der Waals surface area contributed by atoms with Crippen LogP contribution in [0.25, 0.3) is 0 Å². The molecule has 1 rings (SSSR count). The van der Waals surface area contributed by atoms with E-state index in [4.69, 9.17) is 5.11 Å². The number of piperidine rings is 1. The van der Waals surface area contributed by atoms with Gasteiger partial charge in [-0.25, -0.2) is 4.79 Å². The van der Waals surface area contributed by atoms with Crippen molar-refractivity contribution in [1.29, 1.82) is 0 Å². The summed E-state index contributed by atoms with van der Waals surface area (Å²) in [6.07, 6.45) is 1.38. The van der Waals surface area contributed by atoms with Crippen LogP contribution in [0.15, 0.2) is 0 Å². The first-order chi connectivity index (χ1) is 7.85. The van der Waals surface area contributed by atoms with Crippen molar-refractivity contribution in [2.75, 3.05) is 19.6 Å². The summed E-state index contributed by atoms with van der Waals surface area (Å²) in [5.41, 5.74) is -0.798. The number of carbonyl (C=O) groups is 2. The van der Waals surface area contributed by atoms with E-state index in [0.29, 0.717) is 32.0 Å². The van der Waals surface area contributed by atoms with Crippen LogP contribution in [-0.4, -0.2) is 41.6 Å². The van der Waals surface area contributed by atoms with Crippen molar-refractivity contribution < 1.29 is 14.7 Å². The number of aliphatic carboxylic acids is 1. The summed E-state index contributed by atoms with van der Waals surface area (Å²) < 4.78 is 0. The van der Waals surface area contributed by atoms with Gasteiger partial charge < -0.3 is 15.3 Å². The number of urea groups is 1. The molecule has 1 heterocycles. The molecule has 2 amide bonds. The average Bonchev–Trinajstić information content (AvgIpc) is 2.25. The van der Waals surface area contributed by atoms with Crippen molar-refractivity contribution in [3.8, 4) is 0 Å². The van der Waals surface area contributed by atoms with E-state index in [-0.39, 0.29) is 6.03 Å². The molecule has 0 aromatic heterocycles. The third kappa shape index (κ3) is 3.61. The molecule has 1 saturated heterocycles. The number of hydrogen-bond acceptors (Lipinski definition) is 2. The zero-order valence-corrected chi connectivity index (χ0v) is 10.8. The number of rotatable bonds is 3. The van der Waals surface area contributed by atoms with Crippen molar-refractivity contribution in [2.45, 2.75) is 33.6 Å². The van der Waals surface area contributed by atoms with E-state index >= 15 is 0 Å². The van der Waals surface area contributed by atoms with Crippen molar-refractivity contribution in [3.05, 3.63) is 0 Å².